The summed E-state index contributed by atoms with van der Waals surface area (Å²) in [6.07, 6.45) is 3.17. The van der Waals surface area contributed by atoms with Crippen molar-refractivity contribution in [3.8, 4) is 0 Å². The zero-order chi connectivity index (χ0) is 30.6. The number of hydrogen-bond acceptors (Lipinski definition) is 8. The van der Waals surface area contributed by atoms with Crippen molar-refractivity contribution in [3.05, 3.63) is 52.0 Å². The van der Waals surface area contributed by atoms with Crippen LogP contribution < -0.4 is 5.43 Å². The normalized spacial score (nSPS) is 21.4. The molecule has 0 radical (unpaired) electrons. The Balaban J connectivity index is 2.22. The number of likely N-dealkylation sites (tertiary alicyclic amines) is 1. The SMILES string of the molecule is CCOC=NNC(=O)C1C[C@@](CC(C)C)(C(=O)OC(C)(C)C)N(C(=O)c2ccc(C(C)(C)C)cc2)[C@H]1c1nccs1. The highest BCUT2D eigenvalue weighted by atomic mass is 32.1. The predicted molar refractivity (Wildman–Crippen MR) is 161 cm³/mol. The van der Waals surface area contributed by atoms with Crippen LogP contribution in [0, 0.1) is 11.8 Å². The van der Waals surface area contributed by atoms with E-state index in [0.29, 0.717) is 23.6 Å². The molecule has 0 saturated carbocycles. The number of nitrogens with zero attached hydrogens (tertiary/aromatic N) is 3. The van der Waals surface area contributed by atoms with Crippen LogP contribution in [0.15, 0.2) is 40.9 Å². The van der Waals surface area contributed by atoms with Crippen molar-refractivity contribution in [2.75, 3.05) is 6.61 Å². The third-order valence-corrected chi connectivity index (χ3v) is 7.78. The van der Waals surface area contributed by atoms with Gasteiger partial charge < -0.3 is 14.4 Å². The summed E-state index contributed by atoms with van der Waals surface area (Å²) in [5, 5.41) is 6.27. The summed E-state index contributed by atoms with van der Waals surface area (Å²) in [6, 6.07) is 6.64. The molecule has 1 aromatic carbocycles. The molecule has 1 fully saturated rings. The zero-order valence-corrected chi connectivity index (χ0v) is 26.5. The van der Waals surface area contributed by atoms with Crippen LogP contribution in [0.3, 0.4) is 0 Å². The van der Waals surface area contributed by atoms with Crippen LogP contribution in [0.25, 0.3) is 0 Å². The van der Waals surface area contributed by atoms with Crippen LogP contribution in [-0.2, 0) is 24.5 Å². The van der Waals surface area contributed by atoms with Crippen LogP contribution in [0.5, 0.6) is 0 Å². The molecule has 0 spiro atoms. The lowest BCUT2D eigenvalue weighted by Gasteiger charge is -2.41. The van der Waals surface area contributed by atoms with Crippen LogP contribution in [0.2, 0.25) is 0 Å². The van der Waals surface area contributed by atoms with Gasteiger partial charge in [-0.15, -0.1) is 16.4 Å². The fraction of sp³-hybridized carbons (Fsp3) is 0.581. The van der Waals surface area contributed by atoms with Crippen molar-refractivity contribution in [3.63, 3.8) is 0 Å². The van der Waals surface area contributed by atoms with Crippen molar-refractivity contribution in [1.82, 2.24) is 15.3 Å². The van der Waals surface area contributed by atoms with Crippen molar-refractivity contribution in [2.24, 2.45) is 16.9 Å². The summed E-state index contributed by atoms with van der Waals surface area (Å²) in [5.41, 5.74) is 1.74. The average molecular weight is 585 g/mol. The van der Waals surface area contributed by atoms with E-state index >= 15 is 0 Å². The van der Waals surface area contributed by atoms with Gasteiger partial charge in [-0.3, -0.25) is 9.59 Å². The number of carbonyl (C=O) groups excluding carboxylic acids is 3. The minimum atomic E-state index is -1.41. The molecule has 1 saturated heterocycles. The Morgan fingerprint density at radius 3 is 2.34 bits per heavy atom. The Morgan fingerprint density at radius 2 is 1.83 bits per heavy atom. The van der Waals surface area contributed by atoms with Gasteiger partial charge in [-0.25, -0.2) is 15.2 Å². The van der Waals surface area contributed by atoms with Crippen molar-refractivity contribution < 1.29 is 23.9 Å². The van der Waals surface area contributed by atoms with E-state index in [0.717, 1.165) is 5.56 Å². The molecule has 1 N–H and O–H groups in total. The molecule has 1 unspecified atom stereocenters. The number of carbonyl (C=O) groups is 3. The highest BCUT2D eigenvalue weighted by Crippen LogP contribution is 2.51. The lowest BCUT2D eigenvalue weighted by atomic mass is 9.83. The molecule has 3 atom stereocenters. The summed E-state index contributed by atoms with van der Waals surface area (Å²) in [7, 11) is 0. The molecule has 224 valence electrons. The smallest absolute Gasteiger partial charge is 0.332 e. The molecule has 10 heteroatoms. The van der Waals surface area contributed by atoms with E-state index in [1.54, 1.807) is 49.4 Å². The quantitative estimate of drug-likeness (QED) is 0.171. The van der Waals surface area contributed by atoms with E-state index in [9.17, 15) is 14.4 Å². The van der Waals surface area contributed by atoms with Crippen molar-refractivity contribution in [1.29, 1.82) is 0 Å². The summed E-state index contributed by atoms with van der Waals surface area (Å²) >= 11 is 1.34. The fourth-order valence-corrected chi connectivity index (χ4v) is 6.06. The number of rotatable bonds is 9. The van der Waals surface area contributed by atoms with Gasteiger partial charge in [-0.1, -0.05) is 46.8 Å². The van der Waals surface area contributed by atoms with Crippen molar-refractivity contribution >= 4 is 35.5 Å². The van der Waals surface area contributed by atoms with Gasteiger partial charge in [0.15, 0.2) is 6.40 Å². The molecule has 1 aromatic heterocycles. The summed E-state index contributed by atoms with van der Waals surface area (Å²) in [6.45, 7) is 17.9. The number of hydrazone groups is 1. The third-order valence-electron chi connectivity index (χ3n) is 6.93. The maximum absolute atomic E-state index is 14.6. The number of esters is 1. The van der Waals surface area contributed by atoms with E-state index < -0.39 is 35.0 Å². The first-order chi connectivity index (χ1) is 19.1. The molecule has 3 rings (SSSR count). The second-order valence-electron chi connectivity index (χ2n) is 12.9. The molecule has 9 nitrogen and oxygen atoms in total. The molecule has 0 aliphatic carbocycles. The lowest BCUT2D eigenvalue weighted by molar-refractivity contribution is -0.168. The Morgan fingerprint density at radius 1 is 1.17 bits per heavy atom. The minimum absolute atomic E-state index is 0.0100. The lowest BCUT2D eigenvalue weighted by Crippen LogP contribution is -2.56. The summed E-state index contributed by atoms with van der Waals surface area (Å²) in [4.78, 5) is 48.5. The number of aromatic nitrogens is 1. The van der Waals surface area contributed by atoms with Crippen LogP contribution >= 0.6 is 11.3 Å². The largest absolute Gasteiger partial charge is 0.482 e. The molecular weight excluding hydrogens is 540 g/mol. The maximum atomic E-state index is 14.6. The topological polar surface area (TPSA) is 110 Å². The second-order valence-corrected chi connectivity index (χ2v) is 13.9. The Kier molecular flexibility index (Phi) is 10.00. The number of hydrogen-bond donors (Lipinski definition) is 1. The highest BCUT2D eigenvalue weighted by molar-refractivity contribution is 7.09. The molecule has 2 heterocycles. The van der Waals surface area contributed by atoms with E-state index in [1.807, 2.05) is 32.9 Å². The van der Waals surface area contributed by atoms with E-state index in [-0.39, 0.29) is 23.7 Å². The first kappa shape index (κ1) is 32.2. The molecule has 1 aliphatic rings. The Hall–Kier alpha value is -3.27. The van der Waals surface area contributed by atoms with Gasteiger partial charge in [0.2, 0.25) is 5.91 Å². The monoisotopic (exact) mass is 584 g/mol. The van der Waals surface area contributed by atoms with Crippen LogP contribution in [-0.4, -0.2) is 51.8 Å². The van der Waals surface area contributed by atoms with Gasteiger partial charge in [-0.05, 0) is 69.6 Å². The summed E-state index contributed by atoms with van der Waals surface area (Å²) in [5.74, 6) is -2.13. The number of benzene rings is 1. The fourth-order valence-electron chi connectivity index (χ4n) is 5.27. The maximum Gasteiger partial charge on any atom is 0.332 e. The first-order valence-electron chi connectivity index (χ1n) is 14.1. The van der Waals surface area contributed by atoms with Gasteiger partial charge in [-0.2, -0.15) is 0 Å². The van der Waals surface area contributed by atoms with E-state index in [1.165, 1.54) is 17.7 Å². The molecule has 2 aromatic rings. The predicted octanol–water partition coefficient (Wildman–Crippen LogP) is 5.87. The van der Waals surface area contributed by atoms with Gasteiger partial charge >= 0.3 is 5.97 Å². The minimum Gasteiger partial charge on any atom is -0.482 e. The first-order valence-corrected chi connectivity index (χ1v) is 15.0. The van der Waals surface area contributed by atoms with Gasteiger partial charge in [0.05, 0.1) is 18.6 Å². The number of amides is 2. The van der Waals surface area contributed by atoms with Gasteiger partial charge in [0.25, 0.3) is 5.91 Å². The number of thiazole rings is 1. The van der Waals surface area contributed by atoms with Crippen molar-refractivity contribution in [2.45, 2.75) is 97.8 Å². The van der Waals surface area contributed by atoms with Gasteiger partial charge in [0.1, 0.15) is 16.1 Å². The van der Waals surface area contributed by atoms with Crippen LogP contribution in [0.1, 0.15) is 102 Å². The van der Waals surface area contributed by atoms with E-state index in [4.69, 9.17) is 9.47 Å². The standard InChI is InChI=1S/C31H44N4O5S/c1-10-39-19-33-34-25(36)23-18-31(17-20(2)3,28(38)40-30(7,8)9)35(24(23)26-32-15-16-41-26)27(37)21-11-13-22(14-12-21)29(4,5)6/h11-16,19-20,23-24H,10,17-18H2,1-9H3,(H,34,36)/t23?,24-,31+/m1/s1. The van der Waals surface area contributed by atoms with Crippen LogP contribution in [0.4, 0.5) is 0 Å². The molecule has 2 amide bonds. The third kappa shape index (κ3) is 7.52. The molecular formula is C31H44N4O5S. The number of ether oxygens (including phenoxy) is 2. The Labute approximate surface area is 247 Å². The molecule has 0 bridgehead atoms. The molecule has 1 aliphatic heterocycles. The average Bonchev–Trinajstić information content (AvgIpc) is 3.51. The Bertz CT molecular complexity index is 1230. The molecule has 41 heavy (non-hydrogen) atoms. The van der Waals surface area contributed by atoms with Gasteiger partial charge in [0, 0.05) is 17.1 Å². The summed E-state index contributed by atoms with van der Waals surface area (Å²) < 4.78 is 11.1. The zero-order valence-electron chi connectivity index (χ0n) is 25.7. The van der Waals surface area contributed by atoms with E-state index in [2.05, 4.69) is 36.3 Å². The number of nitrogens with one attached hydrogen (secondary N) is 1. The second kappa shape index (κ2) is 12.7. The highest BCUT2D eigenvalue weighted by Gasteiger charge is 2.62.